The van der Waals surface area contributed by atoms with Crippen LogP contribution in [0.25, 0.3) is 0 Å². The van der Waals surface area contributed by atoms with Crippen molar-refractivity contribution in [3.8, 4) is 0 Å². The van der Waals surface area contributed by atoms with E-state index in [0.717, 1.165) is 12.8 Å². The summed E-state index contributed by atoms with van der Waals surface area (Å²) in [7, 11) is 0. The third-order valence-corrected chi connectivity index (χ3v) is 5.19. The van der Waals surface area contributed by atoms with Crippen molar-refractivity contribution in [2.24, 2.45) is 0 Å². The van der Waals surface area contributed by atoms with Crippen LogP contribution in [0, 0.1) is 0 Å². The third-order valence-electron chi connectivity index (χ3n) is 5.19. The summed E-state index contributed by atoms with van der Waals surface area (Å²) in [6.07, 6.45) is 3.33. The molecule has 4 nitrogen and oxygen atoms in total. The van der Waals surface area contributed by atoms with Crippen molar-refractivity contribution in [3.05, 3.63) is 120 Å². The van der Waals surface area contributed by atoms with Crippen LogP contribution in [0.4, 0.5) is 0 Å². The number of hydrogen-bond donors (Lipinski definition) is 0. The quantitative estimate of drug-likeness (QED) is 0.162. The van der Waals surface area contributed by atoms with Crippen LogP contribution in [0.3, 0.4) is 0 Å². The number of carbonyl (C=O) groups excluding carboxylic acids is 3. The molecule has 0 saturated heterocycles. The normalized spacial score (nSPS) is 11.4. The number of carbonyl (C=O) groups is 3. The molecule has 3 aromatic rings. The molecule has 0 heterocycles. The smallest absolute Gasteiger partial charge is 0.338 e. The lowest BCUT2D eigenvalue weighted by Crippen LogP contribution is -2.17. The molecule has 4 heteroatoms. The standard InChI is InChI=1S/C28H26O4/c1-2-3-10-19-32-28(31)24-17-15-21(16-18-24)25(27(30)23-13-8-5-9-14-23)20-26(29)22-11-6-4-7-12-22/h2,4-9,11-18,25H,1,3,10,19-20H2. The Morgan fingerprint density at radius 2 is 1.38 bits per heavy atom. The molecule has 0 spiro atoms. The van der Waals surface area contributed by atoms with Gasteiger partial charge in [0.25, 0.3) is 0 Å². The molecule has 3 aromatic carbocycles. The largest absolute Gasteiger partial charge is 0.462 e. The zero-order valence-electron chi connectivity index (χ0n) is 17.9. The van der Waals surface area contributed by atoms with Crippen LogP contribution in [-0.2, 0) is 4.74 Å². The highest BCUT2D eigenvalue weighted by molar-refractivity contribution is 6.06. The lowest BCUT2D eigenvalue weighted by Gasteiger charge is -2.16. The Bertz CT molecular complexity index is 1050. The summed E-state index contributed by atoms with van der Waals surface area (Å²) < 4.78 is 5.26. The highest BCUT2D eigenvalue weighted by Gasteiger charge is 2.25. The van der Waals surface area contributed by atoms with Crippen molar-refractivity contribution in [2.75, 3.05) is 6.61 Å². The van der Waals surface area contributed by atoms with Gasteiger partial charge in [0.2, 0.25) is 0 Å². The van der Waals surface area contributed by atoms with Gasteiger partial charge in [-0.15, -0.1) is 6.58 Å². The van der Waals surface area contributed by atoms with Crippen molar-refractivity contribution in [2.45, 2.75) is 25.2 Å². The van der Waals surface area contributed by atoms with Crippen molar-refractivity contribution in [1.82, 2.24) is 0 Å². The Labute approximate surface area is 188 Å². The Morgan fingerprint density at radius 3 is 1.97 bits per heavy atom. The molecule has 0 aliphatic heterocycles. The second-order valence-electron chi connectivity index (χ2n) is 7.47. The van der Waals surface area contributed by atoms with E-state index in [1.54, 1.807) is 78.9 Å². The first-order valence-corrected chi connectivity index (χ1v) is 10.7. The van der Waals surface area contributed by atoms with Gasteiger partial charge >= 0.3 is 5.97 Å². The average Bonchev–Trinajstić information content (AvgIpc) is 2.85. The number of allylic oxidation sites excluding steroid dienone is 1. The number of rotatable bonds is 11. The summed E-state index contributed by atoms with van der Waals surface area (Å²) in [5.74, 6) is -1.30. The van der Waals surface area contributed by atoms with Gasteiger partial charge in [-0.3, -0.25) is 9.59 Å². The molecule has 0 bridgehead atoms. The minimum atomic E-state index is -0.650. The van der Waals surface area contributed by atoms with Crippen LogP contribution in [0.1, 0.15) is 61.8 Å². The van der Waals surface area contributed by atoms with Crippen molar-refractivity contribution in [3.63, 3.8) is 0 Å². The van der Waals surface area contributed by atoms with Gasteiger partial charge in [-0.05, 0) is 30.5 Å². The molecule has 1 unspecified atom stereocenters. The van der Waals surface area contributed by atoms with Crippen molar-refractivity contribution < 1.29 is 19.1 Å². The Kier molecular flexibility index (Phi) is 8.27. The maximum absolute atomic E-state index is 13.3. The SMILES string of the molecule is C=CCCCOC(=O)c1ccc(C(CC(=O)c2ccccc2)C(=O)c2ccccc2)cc1. The monoisotopic (exact) mass is 426 g/mol. The maximum atomic E-state index is 13.3. The maximum Gasteiger partial charge on any atom is 0.338 e. The fraction of sp³-hybridized carbons (Fsp3) is 0.179. The van der Waals surface area contributed by atoms with E-state index in [9.17, 15) is 14.4 Å². The summed E-state index contributed by atoms with van der Waals surface area (Å²) >= 11 is 0. The van der Waals surface area contributed by atoms with Gasteiger partial charge < -0.3 is 4.74 Å². The summed E-state index contributed by atoms with van der Waals surface area (Å²) in [5, 5.41) is 0. The van der Waals surface area contributed by atoms with Crippen LogP contribution >= 0.6 is 0 Å². The second kappa shape index (κ2) is 11.6. The van der Waals surface area contributed by atoms with Crippen molar-refractivity contribution >= 4 is 17.5 Å². The molecule has 0 N–H and O–H groups in total. The second-order valence-corrected chi connectivity index (χ2v) is 7.47. The third kappa shape index (κ3) is 6.11. The number of esters is 1. The molecule has 0 aliphatic carbocycles. The zero-order chi connectivity index (χ0) is 22.8. The fourth-order valence-corrected chi connectivity index (χ4v) is 3.42. The number of ether oxygens (including phenoxy) is 1. The minimum absolute atomic E-state index is 0.0447. The van der Waals surface area contributed by atoms with Gasteiger partial charge in [0.05, 0.1) is 18.1 Å². The molecule has 0 radical (unpaired) electrons. The predicted molar refractivity (Wildman–Crippen MR) is 125 cm³/mol. The van der Waals surface area contributed by atoms with E-state index >= 15 is 0 Å². The van der Waals surface area contributed by atoms with Gasteiger partial charge in [0.15, 0.2) is 11.6 Å². The van der Waals surface area contributed by atoms with E-state index in [0.29, 0.717) is 28.9 Å². The molecule has 1 atom stereocenters. The van der Waals surface area contributed by atoms with Crippen LogP contribution in [0.2, 0.25) is 0 Å². The molecular formula is C28H26O4. The molecule has 0 aromatic heterocycles. The number of benzene rings is 3. The Balaban J connectivity index is 1.81. The van der Waals surface area contributed by atoms with Crippen LogP contribution < -0.4 is 0 Å². The Morgan fingerprint density at radius 1 is 0.781 bits per heavy atom. The van der Waals surface area contributed by atoms with Gasteiger partial charge in [-0.2, -0.15) is 0 Å². The molecule has 0 fully saturated rings. The first kappa shape index (κ1) is 22.9. The summed E-state index contributed by atoms with van der Waals surface area (Å²) in [4.78, 5) is 38.4. The van der Waals surface area contributed by atoms with Gasteiger partial charge in [-0.1, -0.05) is 78.9 Å². The van der Waals surface area contributed by atoms with Crippen LogP contribution in [-0.4, -0.2) is 24.1 Å². The number of Topliss-reactive ketones (excluding diaryl/α,β-unsaturated/α-hetero) is 2. The van der Waals surface area contributed by atoms with E-state index in [4.69, 9.17) is 4.74 Å². The first-order valence-electron chi connectivity index (χ1n) is 10.7. The van der Waals surface area contributed by atoms with Crippen LogP contribution in [0.5, 0.6) is 0 Å². The molecule has 0 saturated carbocycles. The zero-order valence-corrected chi connectivity index (χ0v) is 17.9. The summed E-state index contributed by atoms with van der Waals surface area (Å²) in [5.41, 5.74) is 2.21. The minimum Gasteiger partial charge on any atom is -0.462 e. The predicted octanol–water partition coefficient (Wildman–Crippen LogP) is 6.05. The van der Waals surface area contributed by atoms with Gasteiger partial charge in [0, 0.05) is 17.5 Å². The lowest BCUT2D eigenvalue weighted by atomic mass is 9.85. The summed E-state index contributed by atoms with van der Waals surface area (Å²) in [6.45, 7) is 3.97. The molecular weight excluding hydrogens is 400 g/mol. The molecule has 0 aliphatic rings. The molecule has 3 rings (SSSR count). The van der Waals surface area contributed by atoms with E-state index in [1.807, 2.05) is 12.1 Å². The van der Waals surface area contributed by atoms with Gasteiger partial charge in [0.1, 0.15) is 0 Å². The number of unbranched alkanes of at least 4 members (excludes halogenated alkanes) is 1. The van der Waals surface area contributed by atoms with E-state index in [-0.39, 0.29) is 18.0 Å². The van der Waals surface area contributed by atoms with E-state index in [1.165, 1.54) is 0 Å². The molecule has 162 valence electrons. The van der Waals surface area contributed by atoms with Crippen LogP contribution in [0.15, 0.2) is 97.6 Å². The van der Waals surface area contributed by atoms with E-state index in [2.05, 4.69) is 6.58 Å². The summed E-state index contributed by atoms with van der Waals surface area (Å²) in [6, 6.07) is 24.6. The highest BCUT2D eigenvalue weighted by Crippen LogP contribution is 2.27. The molecule has 32 heavy (non-hydrogen) atoms. The number of ketones is 2. The van der Waals surface area contributed by atoms with Crippen molar-refractivity contribution in [1.29, 1.82) is 0 Å². The van der Waals surface area contributed by atoms with E-state index < -0.39 is 11.9 Å². The number of hydrogen-bond acceptors (Lipinski definition) is 4. The lowest BCUT2D eigenvalue weighted by molar-refractivity contribution is 0.0501. The van der Waals surface area contributed by atoms with Gasteiger partial charge in [-0.25, -0.2) is 4.79 Å². The molecule has 0 amide bonds. The average molecular weight is 427 g/mol. The topological polar surface area (TPSA) is 60.4 Å². The first-order chi connectivity index (χ1) is 15.6. The fourth-order valence-electron chi connectivity index (χ4n) is 3.42. The highest BCUT2D eigenvalue weighted by atomic mass is 16.5. The Hall–Kier alpha value is -3.79.